The second-order valence-corrected chi connectivity index (χ2v) is 2.70. The number of carbonyl (C=O) groups is 1. The van der Waals surface area contributed by atoms with Crippen molar-refractivity contribution in [3.63, 3.8) is 0 Å². The van der Waals surface area contributed by atoms with E-state index in [0.29, 0.717) is 6.42 Å². The summed E-state index contributed by atoms with van der Waals surface area (Å²) in [6.07, 6.45) is 1.28. The van der Waals surface area contributed by atoms with Gasteiger partial charge in [0.25, 0.3) is 0 Å². The van der Waals surface area contributed by atoms with Gasteiger partial charge in [-0.2, -0.15) is 0 Å². The smallest absolute Gasteiger partial charge is 0.137 e. The fourth-order valence-electron chi connectivity index (χ4n) is 0.628. The van der Waals surface area contributed by atoms with Gasteiger partial charge in [0.1, 0.15) is 6.29 Å². The Morgan fingerprint density at radius 3 is 3.20 bits per heavy atom. The highest BCUT2D eigenvalue weighted by atomic mass is 32.1. The Kier molecular flexibility index (Phi) is 2.53. The first-order chi connectivity index (χ1) is 4.83. The lowest BCUT2D eigenvalue weighted by Crippen LogP contribution is -2.24. The van der Waals surface area contributed by atoms with Crippen molar-refractivity contribution >= 4 is 17.6 Å². The van der Waals surface area contributed by atoms with Gasteiger partial charge in [-0.25, -0.2) is 4.98 Å². The lowest BCUT2D eigenvalue weighted by molar-refractivity contribution is -0.108. The minimum absolute atomic E-state index is 0.401. The molecule has 0 bridgehead atoms. The molecule has 0 amide bonds. The van der Waals surface area contributed by atoms with E-state index >= 15 is 0 Å². The van der Waals surface area contributed by atoms with E-state index in [2.05, 4.69) is 4.98 Å². The van der Waals surface area contributed by atoms with Gasteiger partial charge in [-0.15, -0.1) is 11.3 Å². The zero-order chi connectivity index (χ0) is 7.40. The van der Waals surface area contributed by atoms with Crippen molar-refractivity contribution in [1.29, 1.82) is 0 Å². The number of nitrogens with two attached hydrogens (primary N) is 1. The van der Waals surface area contributed by atoms with Crippen molar-refractivity contribution in [1.82, 2.24) is 4.98 Å². The highest BCUT2D eigenvalue weighted by Gasteiger charge is 2.02. The molecule has 4 heteroatoms. The molecule has 54 valence electrons. The summed E-state index contributed by atoms with van der Waals surface area (Å²) >= 11 is 1.51. The molecule has 0 spiro atoms. The second-order valence-electron chi connectivity index (χ2n) is 1.98. The molecule has 0 aromatic carbocycles. The summed E-state index contributed by atoms with van der Waals surface area (Å²) in [6, 6.07) is -0.401. The Morgan fingerprint density at radius 1 is 1.90 bits per heavy atom. The van der Waals surface area contributed by atoms with Gasteiger partial charge >= 0.3 is 0 Å². The predicted molar refractivity (Wildman–Crippen MR) is 39.9 cm³/mol. The van der Waals surface area contributed by atoms with Crippen LogP contribution in [0.3, 0.4) is 0 Å². The normalized spacial score (nSPS) is 12.9. The standard InChI is InChI=1S/C6H8N2OS/c7-5(2-9)1-6-3-10-4-8-6/h2-5H,1,7H2/t5-/m1/s1. The van der Waals surface area contributed by atoms with Crippen LogP contribution in [0.5, 0.6) is 0 Å². The first-order valence-corrected chi connectivity index (χ1v) is 3.85. The van der Waals surface area contributed by atoms with Crippen LogP contribution in [0.25, 0.3) is 0 Å². The van der Waals surface area contributed by atoms with Gasteiger partial charge in [0.15, 0.2) is 0 Å². The first kappa shape index (κ1) is 7.37. The molecule has 1 aromatic rings. The van der Waals surface area contributed by atoms with Gasteiger partial charge in [0, 0.05) is 11.8 Å². The fourth-order valence-corrected chi connectivity index (χ4v) is 1.20. The second kappa shape index (κ2) is 3.43. The quantitative estimate of drug-likeness (QED) is 0.636. The van der Waals surface area contributed by atoms with Crippen LogP contribution in [0.4, 0.5) is 0 Å². The van der Waals surface area contributed by atoms with Gasteiger partial charge in [-0.3, -0.25) is 0 Å². The van der Waals surface area contributed by atoms with E-state index < -0.39 is 6.04 Å². The Balaban J connectivity index is 2.47. The van der Waals surface area contributed by atoms with E-state index in [9.17, 15) is 4.79 Å². The summed E-state index contributed by atoms with van der Waals surface area (Å²) in [5.74, 6) is 0. The number of aldehydes is 1. The average Bonchev–Trinajstić information content (AvgIpc) is 2.40. The van der Waals surface area contributed by atoms with Crippen molar-refractivity contribution in [3.8, 4) is 0 Å². The van der Waals surface area contributed by atoms with Crippen molar-refractivity contribution in [3.05, 3.63) is 16.6 Å². The molecule has 0 saturated carbocycles. The van der Waals surface area contributed by atoms with Crippen molar-refractivity contribution in [2.45, 2.75) is 12.5 Å². The first-order valence-electron chi connectivity index (χ1n) is 2.91. The number of carbonyl (C=O) groups excluding carboxylic acids is 1. The summed E-state index contributed by atoms with van der Waals surface area (Å²) in [5.41, 5.74) is 7.98. The molecular formula is C6H8N2OS. The molecular weight excluding hydrogens is 148 g/mol. The lowest BCUT2D eigenvalue weighted by Gasteiger charge is -1.97. The molecule has 0 saturated heterocycles. The predicted octanol–water partition coefficient (Wildman–Crippen LogP) is 0.212. The number of hydrogen-bond donors (Lipinski definition) is 1. The Bertz CT molecular complexity index is 198. The minimum atomic E-state index is -0.401. The van der Waals surface area contributed by atoms with Crippen LogP contribution in [0, 0.1) is 0 Å². The Morgan fingerprint density at radius 2 is 2.70 bits per heavy atom. The molecule has 0 aliphatic heterocycles. The minimum Gasteiger partial charge on any atom is -0.321 e. The van der Waals surface area contributed by atoms with Gasteiger partial charge in [0.05, 0.1) is 17.2 Å². The molecule has 1 heterocycles. The van der Waals surface area contributed by atoms with Crippen molar-refractivity contribution in [2.24, 2.45) is 5.73 Å². The van der Waals surface area contributed by atoms with Crippen LogP contribution < -0.4 is 5.73 Å². The molecule has 1 atom stereocenters. The third kappa shape index (κ3) is 1.89. The largest absolute Gasteiger partial charge is 0.321 e. The number of hydrogen-bond acceptors (Lipinski definition) is 4. The number of rotatable bonds is 3. The van der Waals surface area contributed by atoms with Crippen LogP contribution >= 0.6 is 11.3 Å². The van der Waals surface area contributed by atoms with Gasteiger partial charge in [-0.1, -0.05) is 0 Å². The number of nitrogens with zero attached hydrogens (tertiary/aromatic N) is 1. The van der Waals surface area contributed by atoms with E-state index in [-0.39, 0.29) is 0 Å². The zero-order valence-corrected chi connectivity index (χ0v) is 6.17. The molecule has 0 radical (unpaired) electrons. The SMILES string of the molecule is N[C@@H](C=O)Cc1cscn1. The summed E-state index contributed by atoms with van der Waals surface area (Å²) < 4.78 is 0. The Labute approximate surface area is 62.9 Å². The van der Waals surface area contributed by atoms with Gasteiger partial charge in [-0.05, 0) is 0 Å². The van der Waals surface area contributed by atoms with E-state index in [1.807, 2.05) is 5.38 Å². The summed E-state index contributed by atoms with van der Waals surface area (Å²) in [5, 5.41) is 1.89. The van der Waals surface area contributed by atoms with Crippen LogP contribution in [0.1, 0.15) is 5.69 Å². The topological polar surface area (TPSA) is 56.0 Å². The molecule has 0 unspecified atom stereocenters. The van der Waals surface area contributed by atoms with E-state index in [1.165, 1.54) is 11.3 Å². The molecule has 3 nitrogen and oxygen atoms in total. The molecule has 0 fully saturated rings. The van der Waals surface area contributed by atoms with Gasteiger partial charge in [0.2, 0.25) is 0 Å². The third-order valence-electron chi connectivity index (χ3n) is 1.10. The summed E-state index contributed by atoms with van der Waals surface area (Å²) in [7, 11) is 0. The van der Waals surface area contributed by atoms with Crippen molar-refractivity contribution in [2.75, 3.05) is 0 Å². The van der Waals surface area contributed by atoms with Crippen molar-refractivity contribution < 1.29 is 4.79 Å². The monoisotopic (exact) mass is 156 g/mol. The highest BCUT2D eigenvalue weighted by Crippen LogP contribution is 2.01. The molecule has 1 rings (SSSR count). The third-order valence-corrected chi connectivity index (χ3v) is 1.74. The maximum absolute atomic E-state index is 10.1. The number of thiazole rings is 1. The molecule has 0 aliphatic carbocycles. The number of aromatic nitrogens is 1. The van der Waals surface area contributed by atoms with E-state index in [1.54, 1.807) is 5.51 Å². The van der Waals surface area contributed by atoms with Crippen LogP contribution in [-0.2, 0) is 11.2 Å². The van der Waals surface area contributed by atoms with E-state index in [4.69, 9.17) is 5.73 Å². The molecule has 10 heavy (non-hydrogen) atoms. The maximum Gasteiger partial charge on any atom is 0.137 e. The van der Waals surface area contributed by atoms with Gasteiger partial charge < -0.3 is 10.5 Å². The summed E-state index contributed by atoms with van der Waals surface area (Å²) in [6.45, 7) is 0. The van der Waals surface area contributed by atoms with Crippen LogP contribution in [0.15, 0.2) is 10.9 Å². The molecule has 2 N–H and O–H groups in total. The van der Waals surface area contributed by atoms with Crippen LogP contribution in [-0.4, -0.2) is 17.3 Å². The molecule has 0 aliphatic rings. The average molecular weight is 156 g/mol. The maximum atomic E-state index is 10.1. The lowest BCUT2D eigenvalue weighted by atomic mass is 10.2. The van der Waals surface area contributed by atoms with E-state index in [0.717, 1.165) is 12.0 Å². The zero-order valence-electron chi connectivity index (χ0n) is 5.36. The highest BCUT2D eigenvalue weighted by molar-refractivity contribution is 7.07. The molecule has 1 aromatic heterocycles. The van der Waals surface area contributed by atoms with Crippen LogP contribution in [0.2, 0.25) is 0 Å². The summed E-state index contributed by atoms with van der Waals surface area (Å²) in [4.78, 5) is 14.1. The fraction of sp³-hybridized carbons (Fsp3) is 0.333. The Hall–Kier alpha value is -0.740.